The van der Waals surface area contributed by atoms with Crippen LogP contribution in [0.3, 0.4) is 0 Å². The molecule has 0 aromatic heterocycles. The van der Waals surface area contributed by atoms with Crippen LogP contribution in [0.1, 0.15) is 5.56 Å². The van der Waals surface area contributed by atoms with Gasteiger partial charge < -0.3 is 10.1 Å². The Bertz CT molecular complexity index is 818. The maximum Gasteiger partial charge on any atom is 0.262 e. The van der Waals surface area contributed by atoms with Gasteiger partial charge in [-0.3, -0.25) is 4.79 Å². The van der Waals surface area contributed by atoms with Crippen molar-refractivity contribution in [3.8, 4) is 5.75 Å². The summed E-state index contributed by atoms with van der Waals surface area (Å²) >= 11 is 0. The molecular weight excluding hydrogens is 328 g/mol. The van der Waals surface area contributed by atoms with Crippen LogP contribution in [0.2, 0.25) is 0 Å². The number of para-hydroxylation sites is 1. The molecule has 0 unspecified atom stereocenters. The molecule has 0 spiro atoms. The first-order valence-corrected chi connectivity index (χ1v) is 8.75. The van der Waals surface area contributed by atoms with Crippen LogP contribution in [0.4, 0.5) is 5.69 Å². The van der Waals surface area contributed by atoms with Crippen LogP contribution in [0.5, 0.6) is 5.75 Å². The van der Waals surface area contributed by atoms with E-state index in [4.69, 9.17) is 4.74 Å². The fraction of sp³-hybridized carbons (Fsp3) is 0.235. The highest BCUT2D eigenvalue weighted by Gasteiger charge is 2.18. The van der Waals surface area contributed by atoms with Crippen LogP contribution >= 0.6 is 0 Å². The van der Waals surface area contributed by atoms with Gasteiger partial charge in [-0.25, -0.2) is 12.7 Å². The molecule has 0 saturated carbocycles. The highest BCUT2D eigenvalue weighted by Crippen LogP contribution is 2.22. The van der Waals surface area contributed by atoms with Gasteiger partial charge in [0.2, 0.25) is 10.0 Å². The van der Waals surface area contributed by atoms with Gasteiger partial charge in [0.05, 0.1) is 4.90 Å². The highest BCUT2D eigenvalue weighted by molar-refractivity contribution is 7.89. The number of carbonyl (C=O) groups is 1. The second kappa shape index (κ2) is 7.46. The molecule has 2 rings (SSSR count). The Hall–Kier alpha value is -2.38. The maximum absolute atomic E-state index is 12.2. The quantitative estimate of drug-likeness (QED) is 0.869. The average Bonchev–Trinajstić information content (AvgIpc) is 2.55. The SMILES string of the molecule is Cc1ccc(S(=O)(=O)N(C)C)cc1NC(=O)COc1ccccc1. The van der Waals surface area contributed by atoms with E-state index in [-0.39, 0.29) is 17.4 Å². The molecule has 0 aliphatic heterocycles. The molecule has 1 amide bonds. The van der Waals surface area contributed by atoms with Gasteiger partial charge in [-0.2, -0.15) is 0 Å². The Balaban J connectivity index is 2.10. The van der Waals surface area contributed by atoms with Gasteiger partial charge in [0.25, 0.3) is 5.91 Å². The van der Waals surface area contributed by atoms with Crippen molar-refractivity contribution >= 4 is 21.6 Å². The standard InChI is InChI=1S/C17H20N2O4S/c1-13-9-10-15(24(21,22)19(2)3)11-16(13)18-17(20)12-23-14-7-5-4-6-8-14/h4-11H,12H2,1-3H3,(H,18,20). The minimum atomic E-state index is -3.56. The molecule has 0 fully saturated rings. The van der Waals surface area contributed by atoms with Gasteiger partial charge in [-0.15, -0.1) is 0 Å². The molecule has 0 aliphatic carbocycles. The van der Waals surface area contributed by atoms with Crippen molar-refractivity contribution in [3.63, 3.8) is 0 Å². The molecule has 24 heavy (non-hydrogen) atoms. The number of aryl methyl sites for hydroxylation is 1. The fourth-order valence-electron chi connectivity index (χ4n) is 1.96. The van der Waals surface area contributed by atoms with Gasteiger partial charge in [0.1, 0.15) is 5.75 Å². The number of nitrogens with zero attached hydrogens (tertiary/aromatic N) is 1. The van der Waals surface area contributed by atoms with E-state index in [0.29, 0.717) is 11.4 Å². The molecular formula is C17H20N2O4S. The summed E-state index contributed by atoms with van der Waals surface area (Å²) in [5.74, 6) is 0.231. The molecule has 0 atom stereocenters. The molecule has 0 radical (unpaired) electrons. The van der Waals surface area contributed by atoms with Crippen molar-refractivity contribution in [1.29, 1.82) is 0 Å². The van der Waals surface area contributed by atoms with Gasteiger partial charge in [-0.1, -0.05) is 24.3 Å². The van der Waals surface area contributed by atoms with Crippen LogP contribution in [0.15, 0.2) is 53.4 Å². The summed E-state index contributed by atoms with van der Waals surface area (Å²) in [6, 6.07) is 13.6. The second-order valence-electron chi connectivity index (χ2n) is 5.41. The molecule has 6 nitrogen and oxygen atoms in total. The number of anilines is 1. The second-order valence-corrected chi connectivity index (χ2v) is 7.57. The first kappa shape index (κ1) is 18.0. The van der Waals surface area contributed by atoms with E-state index < -0.39 is 10.0 Å². The van der Waals surface area contributed by atoms with Crippen molar-refractivity contribution in [2.75, 3.05) is 26.0 Å². The predicted molar refractivity (Wildman–Crippen MR) is 92.6 cm³/mol. The Morgan fingerprint density at radius 1 is 1.12 bits per heavy atom. The van der Waals surface area contributed by atoms with Crippen molar-refractivity contribution in [3.05, 3.63) is 54.1 Å². The van der Waals surface area contributed by atoms with Gasteiger partial charge in [-0.05, 0) is 36.8 Å². The minimum absolute atomic E-state index is 0.123. The molecule has 128 valence electrons. The van der Waals surface area contributed by atoms with Gasteiger partial charge in [0, 0.05) is 19.8 Å². The Labute approximate surface area is 142 Å². The first-order valence-electron chi connectivity index (χ1n) is 7.31. The lowest BCUT2D eigenvalue weighted by Crippen LogP contribution is -2.23. The normalized spacial score (nSPS) is 11.3. The lowest BCUT2D eigenvalue weighted by atomic mass is 10.2. The predicted octanol–water partition coefficient (Wildman–Crippen LogP) is 2.26. The summed E-state index contributed by atoms with van der Waals surface area (Å²) < 4.78 is 30.9. The largest absolute Gasteiger partial charge is 0.484 e. The number of ether oxygens (including phenoxy) is 1. The third-order valence-electron chi connectivity index (χ3n) is 3.37. The van der Waals surface area contributed by atoms with Crippen LogP contribution in [0.25, 0.3) is 0 Å². The van der Waals surface area contributed by atoms with Crippen molar-refractivity contribution in [2.45, 2.75) is 11.8 Å². The molecule has 1 N–H and O–H groups in total. The number of rotatable bonds is 6. The molecule has 0 saturated heterocycles. The van der Waals surface area contributed by atoms with E-state index in [1.54, 1.807) is 25.1 Å². The highest BCUT2D eigenvalue weighted by atomic mass is 32.2. The molecule has 0 bridgehead atoms. The zero-order valence-electron chi connectivity index (χ0n) is 13.8. The van der Waals surface area contributed by atoms with E-state index in [2.05, 4.69) is 5.32 Å². The lowest BCUT2D eigenvalue weighted by Gasteiger charge is -2.14. The summed E-state index contributed by atoms with van der Waals surface area (Å²) in [7, 11) is -0.637. The van der Waals surface area contributed by atoms with E-state index in [9.17, 15) is 13.2 Å². The van der Waals surface area contributed by atoms with E-state index >= 15 is 0 Å². The summed E-state index contributed by atoms with van der Waals surface area (Å²) in [6.07, 6.45) is 0. The van der Waals surface area contributed by atoms with Crippen LogP contribution in [-0.4, -0.2) is 39.3 Å². The van der Waals surface area contributed by atoms with Crippen LogP contribution in [0, 0.1) is 6.92 Å². The summed E-state index contributed by atoms with van der Waals surface area (Å²) in [5, 5.41) is 2.68. The monoisotopic (exact) mass is 348 g/mol. The molecule has 0 aliphatic rings. The number of hydrogen-bond acceptors (Lipinski definition) is 4. The van der Waals surface area contributed by atoms with Crippen molar-refractivity contribution in [1.82, 2.24) is 4.31 Å². The Morgan fingerprint density at radius 2 is 1.79 bits per heavy atom. The number of hydrogen-bond donors (Lipinski definition) is 1. The minimum Gasteiger partial charge on any atom is -0.484 e. The molecule has 2 aromatic carbocycles. The Kier molecular flexibility index (Phi) is 5.58. The molecule has 2 aromatic rings. The number of nitrogens with one attached hydrogen (secondary N) is 1. The van der Waals surface area contributed by atoms with Crippen molar-refractivity contribution < 1.29 is 17.9 Å². The molecule has 7 heteroatoms. The van der Waals surface area contributed by atoms with E-state index in [0.717, 1.165) is 9.87 Å². The maximum atomic E-state index is 12.2. The van der Waals surface area contributed by atoms with Crippen LogP contribution in [-0.2, 0) is 14.8 Å². The third kappa shape index (κ3) is 4.33. The number of carbonyl (C=O) groups excluding carboxylic acids is 1. The molecule has 0 heterocycles. The Morgan fingerprint density at radius 3 is 2.42 bits per heavy atom. The lowest BCUT2D eigenvalue weighted by molar-refractivity contribution is -0.118. The summed E-state index contributed by atoms with van der Waals surface area (Å²) in [6.45, 7) is 1.63. The van der Waals surface area contributed by atoms with E-state index in [1.807, 2.05) is 18.2 Å². The number of benzene rings is 2. The fourth-order valence-corrected chi connectivity index (χ4v) is 2.89. The smallest absolute Gasteiger partial charge is 0.262 e. The third-order valence-corrected chi connectivity index (χ3v) is 5.19. The van der Waals surface area contributed by atoms with Crippen molar-refractivity contribution in [2.24, 2.45) is 0 Å². The van der Waals surface area contributed by atoms with Gasteiger partial charge in [0.15, 0.2) is 6.61 Å². The first-order chi connectivity index (χ1) is 11.3. The number of amides is 1. The number of sulfonamides is 1. The zero-order valence-corrected chi connectivity index (χ0v) is 14.6. The summed E-state index contributed by atoms with van der Waals surface area (Å²) in [4.78, 5) is 12.2. The van der Waals surface area contributed by atoms with Crippen LogP contribution < -0.4 is 10.1 Å². The van der Waals surface area contributed by atoms with E-state index in [1.165, 1.54) is 26.2 Å². The topological polar surface area (TPSA) is 75.7 Å². The zero-order chi connectivity index (χ0) is 17.7. The summed E-state index contributed by atoms with van der Waals surface area (Å²) in [5.41, 5.74) is 1.21. The average molecular weight is 348 g/mol. The van der Waals surface area contributed by atoms with Gasteiger partial charge >= 0.3 is 0 Å².